The fraction of sp³-hybridized carbons (Fsp3) is 0.909. The summed E-state index contributed by atoms with van der Waals surface area (Å²) in [6.45, 7) is 16.1. The molecule has 0 aromatic rings. The van der Waals surface area contributed by atoms with E-state index in [0.29, 0.717) is 25.9 Å². The van der Waals surface area contributed by atoms with Gasteiger partial charge in [-0.2, -0.15) is 0 Å². The van der Waals surface area contributed by atoms with Gasteiger partial charge in [0, 0.05) is 90.4 Å². The first-order valence-corrected chi connectivity index (χ1v) is 11.6. The molecule has 0 bridgehead atoms. The molecule has 0 heterocycles. The van der Waals surface area contributed by atoms with Crippen LogP contribution in [-0.4, -0.2) is 96.3 Å². The van der Waals surface area contributed by atoms with Gasteiger partial charge >= 0.3 is 0 Å². The first kappa shape index (κ1) is 29.7. The Morgan fingerprint density at radius 2 is 1.19 bits per heavy atom. The Kier molecular flexibility index (Phi) is 15.7. The van der Waals surface area contributed by atoms with Crippen LogP contribution in [0.5, 0.6) is 0 Å². The topological polar surface area (TPSA) is 124 Å². The molecule has 0 fully saturated rings. The van der Waals surface area contributed by atoms with Gasteiger partial charge in [-0.1, -0.05) is 27.7 Å². The molecule has 0 aliphatic rings. The summed E-state index contributed by atoms with van der Waals surface area (Å²) >= 11 is 0. The summed E-state index contributed by atoms with van der Waals surface area (Å²) in [5.41, 5.74) is 4.27. The molecule has 0 aliphatic carbocycles. The lowest BCUT2D eigenvalue weighted by Gasteiger charge is -2.36. The van der Waals surface area contributed by atoms with Gasteiger partial charge in [-0.3, -0.25) is 9.59 Å². The minimum absolute atomic E-state index is 0.00863. The number of carbonyl (C=O) groups excluding carboxylic acids is 2. The van der Waals surface area contributed by atoms with Crippen LogP contribution in [0.4, 0.5) is 0 Å². The molecule has 0 aromatic heterocycles. The van der Waals surface area contributed by atoms with Gasteiger partial charge in [-0.25, -0.2) is 0 Å². The Balaban J connectivity index is 3.90. The third-order valence-electron chi connectivity index (χ3n) is 5.49. The third-order valence-corrected chi connectivity index (χ3v) is 5.49. The largest absolute Gasteiger partial charge is 0.354 e. The van der Waals surface area contributed by atoms with Gasteiger partial charge in [0.05, 0.1) is 0 Å². The van der Waals surface area contributed by atoms with Crippen molar-refractivity contribution in [1.29, 1.82) is 0 Å². The van der Waals surface area contributed by atoms with Gasteiger partial charge in [0.15, 0.2) is 0 Å². The van der Waals surface area contributed by atoms with Crippen molar-refractivity contribution in [2.45, 2.75) is 40.5 Å². The normalized spacial score (nSPS) is 13.6. The number of amides is 2. The van der Waals surface area contributed by atoms with Crippen molar-refractivity contribution in [2.75, 3.05) is 79.5 Å². The molecule has 0 saturated carbocycles. The van der Waals surface area contributed by atoms with Crippen molar-refractivity contribution in [3.05, 3.63) is 0 Å². The smallest absolute Gasteiger partial charge is 0.228 e. The maximum atomic E-state index is 12.7. The van der Waals surface area contributed by atoms with Crippen molar-refractivity contribution >= 4 is 11.8 Å². The minimum atomic E-state index is -0.606. The molecule has 2 amide bonds. The standard InChI is InChI=1S/C22H49N7O2/c1-7-22(4,20(31)29(5)6)18-21(2,3)19(30)28-17-16-27-15-14-26-13-12-25-11-10-24-9-8-23/h24-27H,7-18,23H2,1-6H3,(H,28,30). The maximum absolute atomic E-state index is 12.7. The highest BCUT2D eigenvalue weighted by molar-refractivity contribution is 5.85. The molecule has 1 atom stereocenters. The molecule has 9 heteroatoms. The number of nitrogens with zero attached hydrogens (tertiary/aromatic N) is 1. The summed E-state index contributed by atoms with van der Waals surface area (Å²) in [6, 6.07) is 0. The van der Waals surface area contributed by atoms with Crippen molar-refractivity contribution in [3.8, 4) is 0 Å². The van der Waals surface area contributed by atoms with E-state index in [1.807, 2.05) is 27.7 Å². The van der Waals surface area contributed by atoms with Gasteiger partial charge in [-0.15, -0.1) is 0 Å². The van der Waals surface area contributed by atoms with Crippen molar-refractivity contribution in [3.63, 3.8) is 0 Å². The highest BCUT2D eigenvalue weighted by atomic mass is 16.2. The molecule has 31 heavy (non-hydrogen) atoms. The first-order chi connectivity index (χ1) is 14.6. The zero-order valence-corrected chi connectivity index (χ0v) is 20.8. The van der Waals surface area contributed by atoms with Crippen molar-refractivity contribution in [1.82, 2.24) is 31.5 Å². The van der Waals surface area contributed by atoms with E-state index in [4.69, 9.17) is 5.73 Å². The number of hydrogen-bond acceptors (Lipinski definition) is 7. The Labute approximate surface area is 190 Å². The number of hydrogen-bond donors (Lipinski definition) is 6. The van der Waals surface area contributed by atoms with E-state index in [2.05, 4.69) is 26.6 Å². The van der Waals surface area contributed by atoms with Crippen LogP contribution in [0.2, 0.25) is 0 Å². The van der Waals surface area contributed by atoms with Crippen LogP contribution < -0.4 is 32.3 Å². The van der Waals surface area contributed by atoms with Crippen LogP contribution in [-0.2, 0) is 9.59 Å². The molecule has 184 valence electrons. The van der Waals surface area contributed by atoms with Crippen LogP contribution in [0, 0.1) is 10.8 Å². The van der Waals surface area contributed by atoms with Gasteiger partial charge in [-0.05, 0) is 12.8 Å². The predicted molar refractivity (Wildman–Crippen MR) is 129 cm³/mol. The summed E-state index contributed by atoms with van der Waals surface area (Å²) in [7, 11) is 3.53. The fourth-order valence-electron chi connectivity index (χ4n) is 3.58. The summed E-state index contributed by atoms with van der Waals surface area (Å²) < 4.78 is 0. The number of nitrogens with one attached hydrogen (secondary N) is 5. The molecule has 0 saturated heterocycles. The first-order valence-electron chi connectivity index (χ1n) is 11.6. The van der Waals surface area contributed by atoms with Crippen LogP contribution in [0.15, 0.2) is 0 Å². The predicted octanol–water partition coefficient (Wildman–Crippen LogP) is -0.659. The van der Waals surface area contributed by atoms with E-state index >= 15 is 0 Å². The van der Waals surface area contributed by atoms with E-state index in [1.54, 1.807) is 19.0 Å². The van der Waals surface area contributed by atoms with E-state index in [1.165, 1.54) is 0 Å². The lowest BCUT2D eigenvalue weighted by molar-refractivity contribution is -0.143. The highest BCUT2D eigenvalue weighted by Gasteiger charge is 2.41. The van der Waals surface area contributed by atoms with Crippen molar-refractivity contribution in [2.24, 2.45) is 16.6 Å². The SMILES string of the molecule is CCC(C)(CC(C)(C)C(=O)NCCNCCNCCNCCNCCN)C(=O)N(C)C. The molecular formula is C22H49N7O2. The van der Waals surface area contributed by atoms with Crippen LogP contribution in [0.3, 0.4) is 0 Å². The van der Waals surface area contributed by atoms with Gasteiger partial charge < -0.3 is 37.2 Å². The Morgan fingerprint density at radius 1 is 0.774 bits per heavy atom. The van der Waals surface area contributed by atoms with Crippen LogP contribution >= 0.6 is 0 Å². The molecule has 1 unspecified atom stereocenters. The zero-order chi connectivity index (χ0) is 23.8. The highest BCUT2D eigenvalue weighted by Crippen LogP contribution is 2.37. The Morgan fingerprint density at radius 3 is 1.58 bits per heavy atom. The average Bonchev–Trinajstić information content (AvgIpc) is 2.72. The number of nitrogens with two attached hydrogens (primary N) is 1. The van der Waals surface area contributed by atoms with Gasteiger partial charge in [0.25, 0.3) is 0 Å². The monoisotopic (exact) mass is 443 g/mol. The second-order valence-electron chi connectivity index (χ2n) is 9.22. The number of rotatable bonds is 19. The van der Waals surface area contributed by atoms with E-state index in [0.717, 1.165) is 52.4 Å². The quantitative estimate of drug-likeness (QED) is 0.147. The summed E-state index contributed by atoms with van der Waals surface area (Å²) in [5.74, 6) is 0.0641. The Bertz CT molecular complexity index is 500. The molecule has 9 nitrogen and oxygen atoms in total. The lowest BCUT2D eigenvalue weighted by atomic mass is 9.71. The zero-order valence-electron chi connectivity index (χ0n) is 20.8. The molecule has 0 aromatic carbocycles. The molecule has 0 spiro atoms. The van der Waals surface area contributed by atoms with Gasteiger partial charge in [0.1, 0.15) is 0 Å². The second-order valence-corrected chi connectivity index (χ2v) is 9.22. The second kappa shape index (κ2) is 16.4. The molecule has 0 radical (unpaired) electrons. The lowest BCUT2D eigenvalue weighted by Crippen LogP contribution is -2.46. The van der Waals surface area contributed by atoms with Crippen LogP contribution in [0.25, 0.3) is 0 Å². The molecular weight excluding hydrogens is 394 g/mol. The molecule has 0 aliphatic heterocycles. The van der Waals surface area contributed by atoms with E-state index < -0.39 is 10.8 Å². The maximum Gasteiger partial charge on any atom is 0.228 e. The average molecular weight is 444 g/mol. The van der Waals surface area contributed by atoms with Crippen molar-refractivity contribution < 1.29 is 9.59 Å². The minimum Gasteiger partial charge on any atom is -0.354 e. The fourth-order valence-corrected chi connectivity index (χ4v) is 3.58. The van der Waals surface area contributed by atoms with E-state index in [9.17, 15) is 9.59 Å². The number of carbonyl (C=O) groups is 2. The Hall–Kier alpha value is -1.26. The molecule has 7 N–H and O–H groups in total. The third kappa shape index (κ3) is 13.0. The summed E-state index contributed by atoms with van der Waals surface area (Å²) in [4.78, 5) is 26.9. The summed E-state index contributed by atoms with van der Waals surface area (Å²) in [5, 5.41) is 16.3. The van der Waals surface area contributed by atoms with Crippen LogP contribution in [0.1, 0.15) is 40.5 Å². The van der Waals surface area contributed by atoms with E-state index in [-0.39, 0.29) is 11.8 Å². The van der Waals surface area contributed by atoms with Gasteiger partial charge in [0.2, 0.25) is 11.8 Å². The molecule has 0 rings (SSSR count). The summed E-state index contributed by atoms with van der Waals surface area (Å²) in [6.07, 6.45) is 1.23.